The molecule has 16 bridgehead atoms. The van der Waals surface area contributed by atoms with Crippen molar-refractivity contribution >= 4 is 53.8 Å². The van der Waals surface area contributed by atoms with Crippen LogP contribution in [0.4, 0.5) is 45.5 Å². The second kappa shape index (κ2) is 23.2. The van der Waals surface area contributed by atoms with Crippen molar-refractivity contribution in [3.8, 4) is 101 Å². The van der Waals surface area contributed by atoms with Gasteiger partial charge in [0, 0.05) is 0 Å². The van der Waals surface area contributed by atoms with E-state index in [4.69, 9.17) is 4.74 Å². The van der Waals surface area contributed by atoms with Gasteiger partial charge in [0.1, 0.15) is 0 Å². The van der Waals surface area contributed by atoms with Crippen molar-refractivity contribution in [1.29, 1.82) is 0 Å². The molecule has 14 aromatic rings. The number of fused-ring (bicyclic) bond motifs is 14. The van der Waals surface area contributed by atoms with Crippen LogP contribution in [0.1, 0.15) is 22.3 Å². The first-order valence-electron chi connectivity index (χ1n) is 33.2. The summed E-state index contributed by atoms with van der Waals surface area (Å²) in [6.45, 7) is 0. The van der Waals surface area contributed by atoms with Crippen molar-refractivity contribution in [2.45, 2.75) is 25.7 Å². The summed E-state index contributed by atoms with van der Waals surface area (Å²) in [5.74, 6) is 1.52. The van der Waals surface area contributed by atoms with Crippen LogP contribution in [0, 0.1) is 0 Å². The van der Waals surface area contributed by atoms with Gasteiger partial charge in [-0.15, -0.1) is 0 Å². The fourth-order valence-corrected chi connectivity index (χ4v) is 18.4. The molecular weight excluding hydrogens is 1350 g/mol. The van der Waals surface area contributed by atoms with E-state index in [-0.39, 0.29) is 0 Å². The number of hydrogen-bond donors (Lipinski definition) is 0. The van der Waals surface area contributed by atoms with Crippen LogP contribution in [-0.2, 0) is 43.3 Å². The molecular formula is C90H62N4OPt. The summed E-state index contributed by atoms with van der Waals surface area (Å²) in [5.41, 5.74) is 32.3. The zero-order valence-corrected chi connectivity index (χ0v) is 54.8. The van der Waals surface area contributed by atoms with Gasteiger partial charge in [0.2, 0.25) is 0 Å². The topological polar surface area (TPSA) is 22.2 Å². The molecule has 0 N–H and O–H groups in total. The van der Waals surface area contributed by atoms with Crippen LogP contribution in [0.3, 0.4) is 0 Å². The van der Waals surface area contributed by atoms with Crippen LogP contribution in [-0.4, -0.2) is 8.29 Å². The third kappa shape index (κ3) is 9.80. The fourth-order valence-electron chi connectivity index (χ4n) is 14.8. The van der Waals surface area contributed by atoms with Crippen molar-refractivity contribution in [3.63, 3.8) is 0 Å². The SMILES string of the molecule is c1ccc(-c2cc3c4c(c2)-c2ccc(cc2)CCc2ccc(cc2)-c2cc(-c5ccccc5)cc(c2N2[C]5=[Pt]=[C]6N(c7cccc(c7)Oc7cccc(c7)N5c5ccc(-c7ccccc7)cc52)c2ccc(-c5ccccc5)cc2N64)-c2ccc(cc2)CCc2ccc-3cc2)cc1. The Bertz CT molecular complexity index is 4980. The minimum atomic E-state index is -1.42. The molecule has 0 radical (unpaired) electrons. The summed E-state index contributed by atoms with van der Waals surface area (Å²) in [6, 6.07) is 124. The second-order valence-electron chi connectivity index (χ2n) is 25.5. The molecule has 9 heterocycles. The minimum absolute atomic E-state index is 0.761. The fraction of sp³-hybridized carbons (Fsp3) is 0.0444. The van der Waals surface area contributed by atoms with Gasteiger partial charge in [0.25, 0.3) is 0 Å². The van der Waals surface area contributed by atoms with Gasteiger partial charge in [0.15, 0.2) is 0 Å². The van der Waals surface area contributed by atoms with E-state index in [2.05, 4.69) is 347 Å². The maximum atomic E-state index is 7.16. The third-order valence-corrected chi connectivity index (χ3v) is 22.7. The van der Waals surface area contributed by atoms with E-state index in [0.717, 1.165) is 172 Å². The quantitative estimate of drug-likeness (QED) is 0.175. The van der Waals surface area contributed by atoms with Gasteiger partial charge in [0.05, 0.1) is 0 Å². The van der Waals surface area contributed by atoms with Crippen LogP contribution in [0.15, 0.2) is 328 Å². The van der Waals surface area contributed by atoms with Gasteiger partial charge < -0.3 is 0 Å². The summed E-state index contributed by atoms with van der Waals surface area (Å²) in [6.07, 6.45) is 3.59. The van der Waals surface area contributed by atoms with Gasteiger partial charge in [-0.1, -0.05) is 0 Å². The average Bonchev–Trinajstić information content (AvgIpc) is 1.53. The summed E-state index contributed by atoms with van der Waals surface area (Å²) in [4.78, 5) is 10.6. The predicted octanol–water partition coefficient (Wildman–Crippen LogP) is 22.9. The molecule has 9 aliphatic rings. The number of aryl methyl sites for hydroxylation is 4. The zero-order chi connectivity index (χ0) is 63.2. The molecule has 0 aromatic heterocycles. The molecule has 14 aromatic carbocycles. The number of hydrogen-bond acceptors (Lipinski definition) is 5. The van der Waals surface area contributed by atoms with Gasteiger partial charge in [-0.05, 0) is 0 Å². The van der Waals surface area contributed by atoms with Crippen LogP contribution >= 0.6 is 0 Å². The Kier molecular flexibility index (Phi) is 13.6. The molecule has 6 heteroatoms. The molecule has 96 heavy (non-hydrogen) atoms. The third-order valence-electron chi connectivity index (χ3n) is 19.7. The molecule has 23 rings (SSSR count). The number of ether oxygens (including phenoxy) is 1. The van der Waals surface area contributed by atoms with Crippen molar-refractivity contribution in [3.05, 3.63) is 350 Å². The number of anilines is 8. The molecule has 0 atom stereocenters. The first-order chi connectivity index (χ1) is 47.5. The Balaban J connectivity index is 1.05. The van der Waals surface area contributed by atoms with E-state index < -0.39 is 17.6 Å². The van der Waals surface area contributed by atoms with E-state index in [1.54, 1.807) is 0 Å². The predicted molar refractivity (Wildman–Crippen MR) is 396 cm³/mol. The molecule has 0 amide bonds. The van der Waals surface area contributed by atoms with Crippen LogP contribution < -0.4 is 24.3 Å². The van der Waals surface area contributed by atoms with Crippen molar-refractivity contribution < 1.29 is 22.4 Å². The number of nitrogens with zero attached hydrogens (tertiary/aromatic N) is 4. The van der Waals surface area contributed by atoms with E-state index in [1.165, 1.54) is 30.5 Å². The standard InChI is InChI=1S/C90H62N4O.Pt/c1-5-15-65(16-6-1)73-47-49-85-87(55-73)93-59-91(85)77-23-13-25-79(57-77)95-80-26-14-24-78(58-80)92-60-94(88-56-74(48-50-86(88)92)66-17-7-2-8-18-66)90-83-53-76(68-21-11-4-12-22-68)54-84(90)72-45-37-64(38-46-72)30-28-62-33-41-70(42-34-62)82-52-75(67-19-9-3-10-20-67)51-81(89(82)93)69-39-31-61(32-40-69)27-29-63-35-43-71(83)44-36-63;/h1-26,31-58H,27-30H2;. The molecule has 0 fully saturated rings. The number of rotatable bonds is 4. The Morgan fingerprint density at radius 2 is 0.521 bits per heavy atom. The number of benzene rings is 14. The van der Waals surface area contributed by atoms with E-state index in [0.29, 0.717) is 0 Å². The van der Waals surface area contributed by atoms with E-state index in [9.17, 15) is 0 Å². The molecule has 5 nitrogen and oxygen atoms in total. The Morgan fingerprint density at radius 1 is 0.219 bits per heavy atom. The van der Waals surface area contributed by atoms with Gasteiger partial charge in [-0.3, -0.25) is 0 Å². The summed E-state index contributed by atoms with van der Waals surface area (Å²) < 4.78 is 9.50. The first kappa shape index (κ1) is 56.1. The van der Waals surface area contributed by atoms with Crippen molar-refractivity contribution in [1.82, 2.24) is 0 Å². The molecule has 0 saturated carbocycles. The second-order valence-corrected chi connectivity index (χ2v) is 28.1. The summed E-state index contributed by atoms with van der Waals surface area (Å²) >= 11 is -1.42. The van der Waals surface area contributed by atoms with E-state index >= 15 is 0 Å². The monoisotopic (exact) mass is 1410 g/mol. The zero-order valence-electron chi connectivity index (χ0n) is 52.5. The first-order valence-corrected chi connectivity index (χ1v) is 35.5. The average molecular weight is 1410 g/mol. The normalized spacial score (nSPS) is 13.9. The molecule has 0 saturated heterocycles. The summed E-state index contributed by atoms with van der Waals surface area (Å²) in [5, 5.41) is 0. The Hall–Kier alpha value is -11.5. The Morgan fingerprint density at radius 3 is 0.844 bits per heavy atom. The van der Waals surface area contributed by atoms with Crippen molar-refractivity contribution in [2.24, 2.45) is 0 Å². The van der Waals surface area contributed by atoms with Gasteiger partial charge in [-0.25, -0.2) is 0 Å². The molecule has 0 unspecified atom stereocenters. The molecule has 9 aliphatic heterocycles. The molecule has 0 spiro atoms. The molecule has 458 valence electrons. The molecule has 0 aliphatic carbocycles. The Labute approximate surface area is 567 Å². The van der Waals surface area contributed by atoms with Crippen LogP contribution in [0.2, 0.25) is 0 Å². The van der Waals surface area contributed by atoms with Crippen LogP contribution in [0.25, 0.3) is 89.0 Å². The maximum absolute atomic E-state index is 7.16. The van der Waals surface area contributed by atoms with E-state index in [1.807, 2.05) is 0 Å². The van der Waals surface area contributed by atoms with Crippen LogP contribution in [0.5, 0.6) is 11.5 Å². The van der Waals surface area contributed by atoms with Gasteiger partial charge >= 0.3 is 572 Å². The van der Waals surface area contributed by atoms with Gasteiger partial charge in [-0.2, -0.15) is 0 Å². The summed E-state index contributed by atoms with van der Waals surface area (Å²) in [7, 11) is 0. The van der Waals surface area contributed by atoms with Crippen molar-refractivity contribution in [2.75, 3.05) is 19.6 Å².